The van der Waals surface area contributed by atoms with Gasteiger partial charge >= 0.3 is 111 Å². The second-order valence-corrected chi connectivity index (χ2v) is 1.54. The number of rotatable bonds is 0. The average molecular weight is 232 g/mol. The Kier molecular flexibility index (Phi) is 46.2. The molecule has 5 nitrogen and oxygen atoms in total. The molecule has 0 heterocycles. The second kappa shape index (κ2) is 14.2. The summed E-state index contributed by atoms with van der Waals surface area (Å²) in [6.07, 6.45) is 0. The van der Waals surface area contributed by atoms with Crippen LogP contribution in [-0.2, 0) is 4.57 Å². The van der Waals surface area contributed by atoms with Gasteiger partial charge in [0.25, 0.3) is 0 Å². The maximum absolute atomic E-state index is 8.88. The SMILES string of the molecule is Cl.N.O=P(O)(O)O.[H-].[H-].[K+].[K+]. The van der Waals surface area contributed by atoms with Gasteiger partial charge in [0.05, 0.1) is 0 Å². The first kappa shape index (κ1) is 29.3. The zero-order chi connectivity index (χ0) is 4.50. The molecule has 0 radical (unpaired) electrons. The van der Waals surface area contributed by atoms with E-state index in [4.69, 9.17) is 19.2 Å². The van der Waals surface area contributed by atoms with Crippen molar-refractivity contribution in [2.75, 3.05) is 0 Å². The molecule has 0 atom stereocenters. The Hall–Kier alpha value is 3.63. The molecule has 9 heteroatoms. The average Bonchev–Trinajstić information content (AvgIpc) is 0.722. The van der Waals surface area contributed by atoms with Gasteiger partial charge in [-0.05, 0) is 0 Å². The van der Waals surface area contributed by atoms with E-state index in [1.54, 1.807) is 0 Å². The number of hydrogen-bond donors (Lipinski definition) is 4. The van der Waals surface area contributed by atoms with Gasteiger partial charge in [0, 0.05) is 0 Å². The normalized spacial score (nSPS) is 6.56. The van der Waals surface area contributed by atoms with Gasteiger partial charge in [-0.3, -0.25) is 0 Å². The summed E-state index contributed by atoms with van der Waals surface area (Å²) in [4.78, 5) is 21.6. The fourth-order valence-corrected chi connectivity index (χ4v) is 0. The summed E-state index contributed by atoms with van der Waals surface area (Å²) < 4.78 is 8.88. The van der Waals surface area contributed by atoms with E-state index in [1.807, 2.05) is 0 Å². The first-order valence-electron chi connectivity index (χ1n) is 0.783. The van der Waals surface area contributed by atoms with Gasteiger partial charge in [0.1, 0.15) is 0 Å². The summed E-state index contributed by atoms with van der Waals surface area (Å²) >= 11 is 0. The predicted molar refractivity (Wildman–Crippen MR) is 28.8 cm³/mol. The minimum atomic E-state index is -4.64. The van der Waals surface area contributed by atoms with Gasteiger partial charge in [-0.2, -0.15) is 0 Å². The standard InChI is InChI=1S/ClH.2K.H3N.H3O4P.2H/c;;;;1-5(2,3)4;;/h1H;;;1H3;(H3,1,2,3,4);;/q;2*+1;;;2*-1. The topological polar surface area (TPSA) is 113 Å². The fourth-order valence-electron chi connectivity index (χ4n) is 0. The Morgan fingerprint density at radius 1 is 1.11 bits per heavy atom. The van der Waals surface area contributed by atoms with Crippen molar-refractivity contribution in [3.05, 3.63) is 0 Å². The summed E-state index contributed by atoms with van der Waals surface area (Å²) in [5, 5.41) is 0. The Balaban J connectivity index is -0.00000000533. The van der Waals surface area contributed by atoms with Gasteiger partial charge in [-0.1, -0.05) is 0 Å². The zero-order valence-corrected chi connectivity index (χ0v) is 13.3. The zero-order valence-electron chi connectivity index (χ0n) is 7.31. The molecule has 0 amide bonds. The van der Waals surface area contributed by atoms with Crippen molar-refractivity contribution in [1.29, 1.82) is 0 Å². The monoisotopic (exact) mass is 231 g/mol. The van der Waals surface area contributed by atoms with E-state index in [0.29, 0.717) is 0 Å². The van der Waals surface area contributed by atoms with Crippen molar-refractivity contribution < 1.29 is 125 Å². The summed E-state index contributed by atoms with van der Waals surface area (Å²) in [7, 11) is -4.64. The summed E-state index contributed by atoms with van der Waals surface area (Å²) in [6.45, 7) is 0. The van der Waals surface area contributed by atoms with Crippen LogP contribution in [0.1, 0.15) is 2.85 Å². The van der Waals surface area contributed by atoms with Crippen molar-refractivity contribution in [2.45, 2.75) is 0 Å². The van der Waals surface area contributed by atoms with Gasteiger partial charge in [0.15, 0.2) is 0 Å². The van der Waals surface area contributed by atoms with Crippen LogP contribution in [0, 0.1) is 0 Å². The van der Waals surface area contributed by atoms with E-state index < -0.39 is 7.82 Å². The molecule has 52 valence electrons. The quantitative estimate of drug-likeness (QED) is 0.245. The number of hydrogen-bond acceptors (Lipinski definition) is 2. The molecule has 0 unspecified atom stereocenters. The first-order chi connectivity index (χ1) is 2.00. The summed E-state index contributed by atoms with van der Waals surface area (Å²) in [5.74, 6) is 0. The Morgan fingerprint density at radius 3 is 1.11 bits per heavy atom. The first-order valence-corrected chi connectivity index (χ1v) is 2.35. The predicted octanol–water partition coefficient (Wildman–Crippen LogP) is -6.11. The molecule has 0 aliphatic rings. The molecule has 0 aromatic carbocycles. The van der Waals surface area contributed by atoms with Crippen LogP contribution >= 0.6 is 20.2 Å². The van der Waals surface area contributed by atoms with Gasteiger partial charge < -0.3 is 23.7 Å². The van der Waals surface area contributed by atoms with Crippen molar-refractivity contribution in [1.82, 2.24) is 6.15 Å². The molecule has 0 aliphatic heterocycles. The van der Waals surface area contributed by atoms with E-state index in [-0.39, 0.29) is 124 Å². The van der Waals surface area contributed by atoms with Gasteiger partial charge in [-0.25, -0.2) is 4.57 Å². The molecule has 0 saturated carbocycles. The largest absolute Gasteiger partial charge is 1.00 e. The van der Waals surface area contributed by atoms with Crippen LogP contribution in [0.5, 0.6) is 0 Å². The minimum absolute atomic E-state index is 0. The molecule has 0 saturated heterocycles. The third-order valence-corrected chi connectivity index (χ3v) is 0. The summed E-state index contributed by atoms with van der Waals surface area (Å²) in [5.41, 5.74) is 0. The van der Waals surface area contributed by atoms with Crippen LogP contribution in [-0.4, -0.2) is 14.7 Å². The third-order valence-electron chi connectivity index (χ3n) is 0. The molecule has 0 aliphatic carbocycles. The van der Waals surface area contributed by atoms with Gasteiger partial charge in [0.2, 0.25) is 0 Å². The van der Waals surface area contributed by atoms with Crippen LogP contribution < -0.4 is 109 Å². The molecule has 6 N–H and O–H groups in total. The molecule has 0 aromatic heterocycles. The second-order valence-electron chi connectivity index (χ2n) is 0.513. The number of phosphoric acid groups is 1. The molecule has 0 spiro atoms. The van der Waals surface area contributed by atoms with E-state index in [2.05, 4.69) is 0 Å². The van der Waals surface area contributed by atoms with Crippen molar-refractivity contribution in [3.63, 3.8) is 0 Å². The van der Waals surface area contributed by atoms with Crippen LogP contribution in [0.4, 0.5) is 0 Å². The smallest absolute Gasteiger partial charge is 1.00 e. The van der Waals surface area contributed by atoms with E-state index in [1.165, 1.54) is 0 Å². The van der Waals surface area contributed by atoms with E-state index in [9.17, 15) is 0 Å². The van der Waals surface area contributed by atoms with Crippen LogP contribution in [0.25, 0.3) is 0 Å². The molecular formula is H9ClK2NO4P. The molecule has 0 rings (SSSR count). The van der Waals surface area contributed by atoms with Crippen molar-refractivity contribution in [3.8, 4) is 0 Å². The number of halogens is 1. The maximum atomic E-state index is 8.88. The Bertz CT molecular complexity index is 72.2. The van der Waals surface area contributed by atoms with E-state index in [0.717, 1.165) is 0 Å². The Labute approximate surface area is 147 Å². The van der Waals surface area contributed by atoms with Crippen LogP contribution in [0.2, 0.25) is 0 Å². The fraction of sp³-hybridized carbons (Fsp3) is 0. The van der Waals surface area contributed by atoms with Crippen molar-refractivity contribution in [2.24, 2.45) is 0 Å². The van der Waals surface area contributed by atoms with Crippen LogP contribution in [0.3, 0.4) is 0 Å². The third kappa shape index (κ3) is 81.8. The van der Waals surface area contributed by atoms with E-state index >= 15 is 0 Å². The van der Waals surface area contributed by atoms with Crippen molar-refractivity contribution >= 4 is 20.2 Å². The molecule has 0 aromatic rings. The maximum Gasteiger partial charge on any atom is 1.00 e. The molecule has 9 heavy (non-hydrogen) atoms. The Morgan fingerprint density at radius 2 is 1.11 bits per heavy atom. The molecule has 0 bridgehead atoms. The van der Waals surface area contributed by atoms with Crippen LogP contribution in [0.15, 0.2) is 0 Å². The van der Waals surface area contributed by atoms with Gasteiger partial charge in [-0.15, -0.1) is 12.4 Å². The molecular weight excluding hydrogens is 223 g/mol. The minimum Gasteiger partial charge on any atom is -1.00 e. The molecule has 0 fully saturated rings. The summed E-state index contributed by atoms with van der Waals surface area (Å²) in [6, 6.07) is 0.